The van der Waals surface area contributed by atoms with Gasteiger partial charge >= 0.3 is 0 Å². The summed E-state index contributed by atoms with van der Waals surface area (Å²) in [5.74, 6) is -0.824. The van der Waals surface area contributed by atoms with Gasteiger partial charge in [-0.05, 0) is 6.42 Å². The fourth-order valence-corrected chi connectivity index (χ4v) is 1.01. The van der Waals surface area contributed by atoms with Gasteiger partial charge in [-0.25, -0.2) is 0 Å². The molecule has 0 saturated heterocycles. The van der Waals surface area contributed by atoms with Crippen molar-refractivity contribution in [3.05, 3.63) is 0 Å². The Labute approximate surface area is 76.7 Å². The molecule has 0 bridgehead atoms. The van der Waals surface area contributed by atoms with Crippen molar-refractivity contribution >= 4 is 16.0 Å². The Morgan fingerprint density at radius 3 is 2.46 bits per heavy atom. The van der Waals surface area contributed by atoms with Gasteiger partial charge < -0.3 is 10.4 Å². The molecule has 0 aromatic carbocycles. The highest BCUT2D eigenvalue weighted by Gasteiger charge is 2.05. The van der Waals surface area contributed by atoms with Crippen molar-refractivity contribution in [2.24, 2.45) is 0 Å². The molecule has 0 rings (SSSR count). The van der Waals surface area contributed by atoms with Crippen molar-refractivity contribution in [2.45, 2.75) is 12.8 Å². The van der Waals surface area contributed by atoms with Crippen LogP contribution in [-0.2, 0) is 14.9 Å². The van der Waals surface area contributed by atoms with E-state index in [2.05, 4.69) is 5.32 Å². The molecule has 0 aliphatic carbocycles. The van der Waals surface area contributed by atoms with Gasteiger partial charge in [0.2, 0.25) is 5.91 Å². The third-order valence-electron chi connectivity index (χ3n) is 1.24. The lowest BCUT2D eigenvalue weighted by Crippen LogP contribution is -2.28. The second kappa shape index (κ2) is 5.90. The molecule has 78 valence electrons. The molecule has 0 unspecified atom stereocenters. The number of hydrogen-bond acceptors (Lipinski definition) is 4. The van der Waals surface area contributed by atoms with Crippen LogP contribution in [0.25, 0.3) is 0 Å². The van der Waals surface area contributed by atoms with Gasteiger partial charge in [-0.3, -0.25) is 9.35 Å². The van der Waals surface area contributed by atoms with Crippen LogP contribution in [-0.4, -0.2) is 42.9 Å². The predicted molar refractivity (Wildman–Crippen MR) is 45.7 cm³/mol. The lowest BCUT2D eigenvalue weighted by Gasteiger charge is -2.02. The summed E-state index contributed by atoms with van der Waals surface area (Å²) < 4.78 is 28.7. The topological polar surface area (TPSA) is 104 Å². The Kier molecular flexibility index (Phi) is 5.60. The molecule has 0 radical (unpaired) electrons. The standard InChI is InChI=1S/C6H13NO5S/c8-4-1-2-6(9)7-3-5-13(10,11)12/h8H,1-5H2,(H,7,9)(H,10,11,12). The number of carbonyl (C=O) groups excluding carboxylic acids is 1. The van der Waals surface area contributed by atoms with E-state index >= 15 is 0 Å². The molecule has 0 saturated carbocycles. The third-order valence-corrected chi connectivity index (χ3v) is 1.96. The summed E-state index contributed by atoms with van der Waals surface area (Å²) in [5.41, 5.74) is 0. The zero-order chi connectivity index (χ0) is 10.3. The summed E-state index contributed by atoms with van der Waals surface area (Å²) in [6.45, 7) is -0.186. The van der Waals surface area contributed by atoms with E-state index in [-0.39, 0.29) is 25.5 Å². The smallest absolute Gasteiger partial charge is 0.266 e. The maximum absolute atomic E-state index is 10.8. The minimum absolute atomic E-state index is 0.0777. The van der Waals surface area contributed by atoms with Gasteiger partial charge in [0.15, 0.2) is 0 Å². The second-order valence-electron chi connectivity index (χ2n) is 2.46. The fraction of sp³-hybridized carbons (Fsp3) is 0.833. The molecular weight excluding hydrogens is 198 g/mol. The first-order valence-corrected chi connectivity index (χ1v) is 5.39. The quantitative estimate of drug-likeness (QED) is 0.477. The van der Waals surface area contributed by atoms with Crippen molar-refractivity contribution in [1.82, 2.24) is 5.32 Å². The molecule has 0 aliphatic heterocycles. The van der Waals surface area contributed by atoms with Crippen molar-refractivity contribution in [3.63, 3.8) is 0 Å². The summed E-state index contributed by atoms with van der Waals surface area (Å²) in [7, 11) is -4.00. The largest absolute Gasteiger partial charge is 0.396 e. The van der Waals surface area contributed by atoms with E-state index < -0.39 is 15.9 Å². The van der Waals surface area contributed by atoms with E-state index in [9.17, 15) is 13.2 Å². The van der Waals surface area contributed by atoms with E-state index in [0.717, 1.165) is 0 Å². The molecule has 0 aromatic heterocycles. The van der Waals surface area contributed by atoms with E-state index in [1.165, 1.54) is 0 Å². The monoisotopic (exact) mass is 211 g/mol. The van der Waals surface area contributed by atoms with Crippen LogP contribution in [0.3, 0.4) is 0 Å². The van der Waals surface area contributed by atoms with Gasteiger partial charge in [0.1, 0.15) is 0 Å². The molecule has 0 aliphatic rings. The van der Waals surface area contributed by atoms with Crippen molar-refractivity contribution in [3.8, 4) is 0 Å². The normalized spacial score (nSPS) is 11.2. The van der Waals surface area contributed by atoms with Crippen molar-refractivity contribution in [1.29, 1.82) is 0 Å². The van der Waals surface area contributed by atoms with Crippen LogP contribution in [0, 0.1) is 0 Å². The summed E-state index contributed by atoms with van der Waals surface area (Å²) in [6.07, 6.45) is 0.500. The predicted octanol–water partition coefficient (Wildman–Crippen LogP) is -1.24. The van der Waals surface area contributed by atoms with Crippen LogP contribution in [0.1, 0.15) is 12.8 Å². The highest BCUT2D eigenvalue weighted by molar-refractivity contribution is 7.85. The van der Waals surface area contributed by atoms with E-state index in [4.69, 9.17) is 9.66 Å². The van der Waals surface area contributed by atoms with Crippen molar-refractivity contribution in [2.75, 3.05) is 18.9 Å². The summed E-state index contributed by atoms with van der Waals surface area (Å²) in [5, 5.41) is 10.6. The average molecular weight is 211 g/mol. The Morgan fingerprint density at radius 1 is 1.38 bits per heavy atom. The number of aliphatic hydroxyl groups is 1. The number of carbonyl (C=O) groups is 1. The van der Waals surface area contributed by atoms with Gasteiger partial charge in [-0.2, -0.15) is 8.42 Å². The Hall–Kier alpha value is -0.660. The number of aliphatic hydroxyl groups excluding tert-OH is 1. The summed E-state index contributed by atoms with van der Waals surface area (Å²) in [4.78, 5) is 10.8. The molecule has 0 atom stereocenters. The molecule has 13 heavy (non-hydrogen) atoms. The van der Waals surface area contributed by atoms with Crippen LogP contribution in [0.5, 0.6) is 0 Å². The fourth-order valence-electron chi connectivity index (χ4n) is 0.647. The van der Waals surface area contributed by atoms with Crippen LogP contribution in [0.4, 0.5) is 0 Å². The molecule has 0 spiro atoms. The average Bonchev–Trinajstić information content (AvgIpc) is 1.98. The molecule has 0 heterocycles. The lowest BCUT2D eigenvalue weighted by molar-refractivity contribution is -0.121. The maximum Gasteiger partial charge on any atom is 0.266 e. The lowest BCUT2D eigenvalue weighted by atomic mass is 10.3. The minimum atomic E-state index is -4.00. The van der Waals surface area contributed by atoms with E-state index in [1.807, 2.05) is 0 Å². The molecule has 1 amide bonds. The highest BCUT2D eigenvalue weighted by atomic mass is 32.2. The zero-order valence-electron chi connectivity index (χ0n) is 7.06. The van der Waals surface area contributed by atoms with Gasteiger partial charge in [0, 0.05) is 19.6 Å². The molecule has 3 N–H and O–H groups in total. The number of hydrogen-bond donors (Lipinski definition) is 3. The zero-order valence-corrected chi connectivity index (χ0v) is 7.88. The van der Waals surface area contributed by atoms with Crippen LogP contribution in [0.15, 0.2) is 0 Å². The van der Waals surface area contributed by atoms with Crippen molar-refractivity contribution < 1.29 is 22.9 Å². The van der Waals surface area contributed by atoms with Gasteiger partial charge in [-0.1, -0.05) is 0 Å². The molecular formula is C6H13NO5S. The Bertz CT molecular complexity index is 248. The van der Waals surface area contributed by atoms with Crippen LogP contribution in [0.2, 0.25) is 0 Å². The first kappa shape index (κ1) is 12.3. The highest BCUT2D eigenvalue weighted by Crippen LogP contribution is 1.86. The van der Waals surface area contributed by atoms with Crippen LogP contribution >= 0.6 is 0 Å². The Balaban J connectivity index is 3.49. The first-order chi connectivity index (χ1) is 5.95. The number of amides is 1. The number of rotatable bonds is 6. The van der Waals surface area contributed by atoms with E-state index in [0.29, 0.717) is 6.42 Å². The van der Waals surface area contributed by atoms with E-state index in [1.54, 1.807) is 0 Å². The first-order valence-electron chi connectivity index (χ1n) is 3.78. The van der Waals surface area contributed by atoms with Crippen LogP contribution < -0.4 is 5.32 Å². The number of nitrogens with one attached hydrogen (secondary N) is 1. The SMILES string of the molecule is O=C(CCCO)NCCS(=O)(=O)O. The minimum Gasteiger partial charge on any atom is -0.396 e. The molecule has 0 aromatic rings. The molecule has 7 heteroatoms. The molecule has 6 nitrogen and oxygen atoms in total. The summed E-state index contributed by atoms with van der Waals surface area (Å²) >= 11 is 0. The third kappa shape index (κ3) is 9.25. The van der Waals surface area contributed by atoms with Gasteiger partial charge in [-0.15, -0.1) is 0 Å². The maximum atomic E-state index is 10.8. The van der Waals surface area contributed by atoms with Gasteiger partial charge in [0.05, 0.1) is 5.75 Å². The summed E-state index contributed by atoms with van der Waals surface area (Å²) in [6, 6.07) is 0. The van der Waals surface area contributed by atoms with Gasteiger partial charge in [0.25, 0.3) is 10.1 Å². The Morgan fingerprint density at radius 2 is 2.00 bits per heavy atom. The second-order valence-corrected chi connectivity index (χ2v) is 4.04. The molecule has 0 fully saturated rings.